The molecule has 1 unspecified atom stereocenters. The van der Waals surface area contributed by atoms with Crippen LogP contribution in [0.5, 0.6) is 0 Å². The van der Waals surface area contributed by atoms with Crippen LogP contribution in [0.2, 0.25) is 15.1 Å². The SMILES string of the molecule is O=C(O)CC(NS(=O)(=O)c1cccn1-c1ncc(C(F)(F)F)cc1Cl)C(=O)Cn1nnc(Cc2c(Cl)cccc2Cl)n1. The quantitative estimate of drug-likeness (QED) is 0.242. The smallest absolute Gasteiger partial charge is 0.417 e. The van der Waals surface area contributed by atoms with Crippen LogP contribution in [-0.4, -0.2) is 61.1 Å². The van der Waals surface area contributed by atoms with Crippen molar-refractivity contribution in [3.8, 4) is 5.82 Å². The van der Waals surface area contributed by atoms with E-state index in [1.165, 1.54) is 6.07 Å². The van der Waals surface area contributed by atoms with Crippen LogP contribution < -0.4 is 4.72 Å². The molecular weight excluding hydrogens is 650 g/mol. The van der Waals surface area contributed by atoms with Crippen LogP contribution >= 0.6 is 34.8 Å². The van der Waals surface area contributed by atoms with Crippen LogP contribution in [0.25, 0.3) is 5.82 Å². The molecule has 42 heavy (non-hydrogen) atoms. The minimum atomic E-state index is -4.74. The van der Waals surface area contributed by atoms with Crippen LogP contribution in [0, 0.1) is 0 Å². The summed E-state index contributed by atoms with van der Waals surface area (Å²) < 4.78 is 68.4. The number of carboxylic acid groups (broad SMARTS) is 1. The van der Waals surface area contributed by atoms with Gasteiger partial charge in [0.25, 0.3) is 10.0 Å². The Kier molecular flexibility index (Phi) is 9.22. The largest absolute Gasteiger partial charge is 0.481 e. The summed E-state index contributed by atoms with van der Waals surface area (Å²) in [7, 11) is -4.67. The maximum Gasteiger partial charge on any atom is 0.417 e. The molecule has 19 heteroatoms. The molecule has 0 amide bonds. The lowest BCUT2D eigenvalue weighted by Crippen LogP contribution is -2.44. The minimum Gasteiger partial charge on any atom is -0.481 e. The molecule has 12 nitrogen and oxygen atoms in total. The van der Waals surface area contributed by atoms with Crippen molar-refractivity contribution in [1.82, 2.24) is 34.5 Å². The Labute approximate surface area is 250 Å². The van der Waals surface area contributed by atoms with Crippen molar-refractivity contribution < 1.29 is 36.3 Å². The number of nitrogens with one attached hydrogen (secondary N) is 1. The van der Waals surface area contributed by atoms with Crippen LogP contribution in [-0.2, 0) is 38.8 Å². The first-order chi connectivity index (χ1) is 19.7. The highest BCUT2D eigenvalue weighted by Crippen LogP contribution is 2.32. The van der Waals surface area contributed by atoms with Crippen LogP contribution in [0.4, 0.5) is 13.2 Å². The monoisotopic (exact) mass is 665 g/mol. The van der Waals surface area contributed by atoms with Gasteiger partial charge in [-0.05, 0) is 41.1 Å². The molecule has 0 saturated heterocycles. The predicted octanol–water partition coefficient (Wildman–Crippen LogP) is 3.82. The summed E-state index contributed by atoms with van der Waals surface area (Å²) in [6.45, 7) is -0.656. The van der Waals surface area contributed by atoms with Gasteiger partial charge in [0.1, 0.15) is 6.54 Å². The van der Waals surface area contributed by atoms with Gasteiger partial charge in [-0.1, -0.05) is 40.9 Å². The van der Waals surface area contributed by atoms with Gasteiger partial charge in [0, 0.05) is 28.9 Å². The van der Waals surface area contributed by atoms with E-state index in [0.717, 1.165) is 21.6 Å². The Hall–Kier alpha value is -3.57. The third-order valence-electron chi connectivity index (χ3n) is 5.62. The molecule has 0 spiro atoms. The predicted molar refractivity (Wildman–Crippen MR) is 142 cm³/mol. The molecule has 0 saturated carbocycles. The fourth-order valence-electron chi connectivity index (χ4n) is 3.69. The first kappa shape index (κ1) is 31.4. The van der Waals surface area contributed by atoms with Crippen molar-refractivity contribution in [2.75, 3.05) is 0 Å². The number of halogens is 6. The zero-order chi connectivity index (χ0) is 30.8. The molecule has 0 bridgehead atoms. The first-order valence-corrected chi connectivity index (χ1v) is 14.1. The van der Waals surface area contributed by atoms with Crippen LogP contribution in [0.3, 0.4) is 0 Å². The number of nitrogens with zero attached hydrogens (tertiary/aromatic N) is 6. The van der Waals surface area contributed by atoms with Gasteiger partial charge in [0.05, 0.1) is 23.0 Å². The van der Waals surface area contributed by atoms with Gasteiger partial charge < -0.3 is 5.11 Å². The molecule has 0 aliphatic heterocycles. The Morgan fingerprint density at radius 2 is 1.76 bits per heavy atom. The first-order valence-electron chi connectivity index (χ1n) is 11.5. The number of carbonyl (C=O) groups is 2. The summed E-state index contributed by atoms with van der Waals surface area (Å²) in [5, 5.41) is 20.6. The maximum atomic E-state index is 13.2. The number of ketones is 1. The second kappa shape index (κ2) is 12.3. The number of carboxylic acids is 1. The van der Waals surface area contributed by atoms with Crippen molar-refractivity contribution in [3.05, 3.63) is 80.8 Å². The Bertz CT molecular complexity index is 1740. The van der Waals surface area contributed by atoms with E-state index in [1.807, 2.05) is 4.72 Å². The zero-order valence-electron chi connectivity index (χ0n) is 20.8. The molecule has 2 N–H and O–H groups in total. The summed E-state index contributed by atoms with van der Waals surface area (Å²) in [6, 6.07) is 5.94. The van der Waals surface area contributed by atoms with Gasteiger partial charge >= 0.3 is 12.1 Å². The summed E-state index contributed by atoms with van der Waals surface area (Å²) in [5.74, 6) is -2.65. The molecule has 3 heterocycles. The number of hydrogen-bond donors (Lipinski definition) is 2. The number of benzene rings is 1. The van der Waals surface area contributed by atoms with Crippen LogP contribution in [0.1, 0.15) is 23.4 Å². The van der Waals surface area contributed by atoms with E-state index in [0.29, 0.717) is 27.9 Å². The highest BCUT2D eigenvalue weighted by Gasteiger charge is 2.33. The average Bonchev–Trinajstić information content (AvgIpc) is 3.55. The van der Waals surface area contributed by atoms with Gasteiger partial charge in [-0.25, -0.2) is 13.4 Å². The van der Waals surface area contributed by atoms with Gasteiger partial charge in [0.2, 0.25) is 0 Å². The van der Waals surface area contributed by atoms with E-state index in [-0.39, 0.29) is 18.1 Å². The zero-order valence-corrected chi connectivity index (χ0v) is 23.8. The third kappa shape index (κ3) is 7.25. The lowest BCUT2D eigenvalue weighted by Gasteiger charge is -2.17. The van der Waals surface area contributed by atoms with Crippen molar-refractivity contribution in [2.24, 2.45) is 0 Å². The number of aromatic nitrogens is 6. The number of rotatable bonds is 11. The highest BCUT2D eigenvalue weighted by atomic mass is 35.5. The molecule has 0 aliphatic rings. The summed E-state index contributed by atoms with van der Waals surface area (Å²) in [4.78, 5) is 29.0. The summed E-state index contributed by atoms with van der Waals surface area (Å²) >= 11 is 18.3. The van der Waals surface area contributed by atoms with Crippen molar-refractivity contribution in [2.45, 2.75) is 36.6 Å². The average molecular weight is 667 g/mol. The number of carbonyl (C=O) groups excluding carboxylic acids is 1. The van der Waals surface area contributed by atoms with E-state index in [9.17, 15) is 36.3 Å². The fraction of sp³-hybridized carbons (Fsp3) is 0.217. The van der Waals surface area contributed by atoms with Gasteiger partial charge in [-0.3, -0.25) is 14.2 Å². The Morgan fingerprint density at radius 3 is 2.38 bits per heavy atom. The molecule has 4 rings (SSSR count). The number of hydrogen-bond acceptors (Lipinski definition) is 8. The second-order valence-corrected chi connectivity index (χ2v) is 11.5. The molecule has 0 aliphatic carbocycles. The van der Waals surface area contributed by atoms with Gasteiger partial charge in [-0.15, -0.1) is 10.2 Å². The van der Waals surface area contributed by atoms with E-state index in [1.54, 1.807) is 18.2 Å². The number of sulfonamides is 1. The van der Waals surface area contributed by atoms with E-state index in [4.69, 9.17) is 34.8 Å². The minimum absolute atomic E-state index is 0.0649. The number of tetrazole rings is 1. The van der Waals surface area contributed by atoms with Gasteiger partial charge in [0.15, 0.2) is 22.5 Å². The van der Waals surface area contributed by atoms with Gasteiger partial charge in [-0.2, -0.15) is 22.7 Å². The number of alkyl halides is 3. The lowest BCUT2D eigenvalue weighted by atomic mass is 10.1. The molecule has 0 radical (unpaired) electrons. The van der Waals surface area contributed by atoms with E-state index >= 15 is 0 Å². The molecule has 1 aromatic carbocycles. The summed E-state index contributed by atoms with van der Waals surface area (Å²) in [5.41, 5.74) is -0.647. The summed E-state index contributed by atoms with van der Waals surface area (Å²) in [6.07, 6.45) is -3.99. The van der Waals surface area contributed by atoms with Crippen molar-refractivity contribution in [1.29, 1.82) is 0 Å². The highest BCUT2D eigenvalue weighted by molar-refractivity contribution is 7.89. The fourth-order valence-corrected chi connectivity index (χ4v) is 5.85. The standard InChI is InChI=1S/C23H17Cl3F3N7O5S/c24-14-3-1-4-15(25)13(14)8-19-31-34-36(32-19)11-18(37)17(9-21(38)39)33-42(40,41)20-5-2-6-35(20)22-16(26)7-12(10-30-22)23(27,28)29/h1-7,10,17,33H,8-9,11H2,(H,38,39). The molecule has 4 aromatic rings. The van der Waals surface area contributed by atoms with Crippen LogP contribution in [0.15, 0.2) is 53.8 Å². The third-order valence-corrected chi connectivity index (χ3v) is 8.08. The molecular formula is C23H17Cl3F3N7O5S. The maximum absolute atomic E-state index is 13.2. The van der Waals surface area contributed by atoms with Crippen molar-refractivity contribution in [3.63, 3.8) is 0 Å². The normalized spacial score (nSPS) is 12.8. The number of aliphatic carboxylic acids is 1. The molecule has 222 valence electrons. The molecule has 0 fully saturated rings. The lowest BCUT2D eigenvalue weighted by molar-refractivity contribution is -0.139. The molecule has 1 atom stereocenters. The number of pyridine rings is 1. The Morgan fingerprint density at radius 1 is 1.07 bits per heavy atom. The number of Topliss-reactive ketones (excluding diaryl/α,β-unsaturated/α-hetero) is 1. The van der Waals surface area contributed by atoms with Crippen molar-refractivity contribution >= 4 is 56.6 Å². The van der Waals surface area contributed by atoms with E-state index < -0.39 is 62.6 Å². The van der Waals surface area contributed by atoms with E-state index in [2.05, 4.69) is 20.4 Å². The second-order valence-electron chi connectivity index (χ2n) is 8.59. The molecule has 3 aromatic heterocycles. The Balaban J connectivity index is 1.55. The topological polar surface area (TPSA) is 162 Å².